The van der Waals surface area contributed by atoms with Crippen LogP contribution in [0.15, 0.2) is 4.52 Å². The average molecular weight is 306 g/mol. The van der Waals surface area contributed by atoms with Gasteiger partial charge < -0.3 is 10.3 Å². The fourth-order valence-corrected chi connectivity index (χ4v) is 2.66. The van der Waals surface area contributed by atoms with E-state index < -0.39 is 5.91 Å². The molecule has 10 heteroatoms. The predicted molar refractivity (Wildman–Crippen MR) is 73.4 cm³/mol. The second kappa shape index (κ2) is 5.79. The number of rotatable bonds is 5. The number of amides is 1. The van der Waals surface area contributed by atoms with E-state index in [9.17, 15) is 4.79 Å². The Labute approximate surface area is 126 Å². The molecule has 0 aliphatic carbocycles. The van der Waals surface area contributed by atoms with Crippen LogP contribution in [0.2, 0.25) is 0 Å². The summed E-state index contributed by atoms with van der Waals surface area (Å²) in [4.78, 5) is 17.3. The van der Waals surface area contributed by atoms with E-state index in [0.717, 1.165) is 25.2 Å². The van der Waals surface area contributed by atoms with Gasteiger partial charge in [-0.3, -0.25) is 9.69 Å². The fourth-order valence-electron chi connectivity index (χ4n) is 2.66. The van der Waals surface area contributed by atoms with Gasteiger partial charge in [0.1, 0.15) is 0 Å². The van der Waals surface area contributed by atoms with Gasteiger partial charge in [-0.25, -0.2) is 4.68 Å². The Morgan fingerprint density at radius 2 is 2.32 bits per heavy atom. The molecule has 2 aromatic heterocycles. The summed E-state index contributed by atoms with van der Waals surface area (Å²) in [7, 11) is 0. The van der Waals surface area contributed by atoms with Gasteiger partial charge in [0.2, 0.25) is 5.89 Å². The van der Waals surface area contributed by atoms with Crippen LogP contribution in [-0.2, 0) is 6.54 Å². The van der Waals surface area contributed by atoms with Gasteiger partial charge in [0, 0.05) is 0 Å². The van der Waals surface area contributed by atoms with Crippen LogP contribution in [0.3, 0.4) is 0 Å². The lowest BCUT2D eigenvalue weighted by molar-refractivity contribution is 0.0987. The summed E-state index contributed by atoms with van der Waals surface area (Å²) in [6.45, 7) is 5.52. The van der Waals surface area contributed by atoms with Gasteiger partial charge in [-0.2, -0.15) is 4.98 Å². The molecule has 0 saturated carbocycles. The first-order valence-electron chi connectivity index (χ1n) is 7.20. The second-order valence-electron chi connectivity index (χ2n) is 5.58. The van der Waals surface area contributed by atoms with E-state index in [1.807, 2.05) is 13.8 Å². The summed E-state index contributed by atoms with van der Waals surface area (Å²) in [5.74, 6) is 0.420. The second-order valence-corrected chi connectivity index (χ2v) is 5.58. The zero-order valence-electron chi connectivity index (χ0n) is 12.5. The van der Waals surface area contributed by atoms with Crippen LogP contribution in [0.4, 0.5) is 0 Å². The van der Waals surface area contributed by atoms with Crippen molar-refractivity contribution < 1.29 is 9.32 Å². The van der Waals surface area contributed by atoms with E-state index in [1.54, 1.807) is 4.68 Å². The Kier molecular flexibility index (Phi) is 3.84. The number of aromatic nitrogens is 6. The molecule has 3 heterocycles. The van der Waals surface area contributed by atoms with E-state index in [0.29, 0.717) is 12.4 Å². The first kappa shape index (κ1) is 14.6. The van der Waals surface area contributed by atoms with Gasteiger partial charge in [-0.05, 0) is 43.7 Å². The highest BCUT2D eigenvalue weighted by molar-refractivity contribution is 5.88. The minimum absolute atomic E-state index is 0.0436. The van der Waals surface area contributed by atoms with Crippen molar-refractivity contribution in [3.8, 4) is 0 Å². The number of hydrogen-bond donors (Lipinski definition) is 1. The molecule has 1 amide bonds. The quantitative estimate of drug-likeness (QED) is 0.821. The lowest BCUT2D eigenvalue weighted by Crippen LogP contribution is -2.25. The summed E-state index contributed by atoms with van der Waals surface area (Å²) >= 11 is 0. The maximum Gasteiger partial charge on any atom is 0.290 e. The molecule has 1 aliphatic heterocycles. The van der Waals surface area contributed by atoms with Crippen LogP contribution in [0, 0.1) is 0 Å². The number of carbonyl (C=O) groups excluding carboxylic acids is 1. The van der Waals surface area contributed by atoms with E-state index in [2.05, 4.69) is 30.6 Å². The third kappa shape index (κ3) is 2.69. The van der Waals surface area contributed by atoms with Crippen molar-refractivity contribution in [3.63, 3.8) is 0 Å². The zero-order chi connectivity index (χ0) is 15.7. The van der Waals surface area contributed by atoms with Gasteiger partial charge in [0.05, 0.1) is 18.6 Å². The average Bonchev–Trinajstić information content (AvgIpc) is 3.17. The van der Waals surface area contributed by atoms with Crippen LogP contribution in [0.5, 0.6) is 0 Å². The number of tetrazole rings is 1. The highest BCUT2D eigenvalue weighted by atomic mass is 16.5. The van der Waals surface area contributed by atoms with Crippen molar-refractivity contribution in [1.29, 1.82) is 0 Å². The summed E-state index contributed by atoms with van der Waals surface area (Å²) in [6.07, 6.45) is 1.88. The van der Waals surface area contributed by atoms with E-state index in [4.69, 9.17) is 10.3 Å². The van der Waals surface area contributed by atoms with E-state index in [-0.39, 0.29) is 17.9 Å². The van der Waals surface area contributed by atoms with Crippen LogP contribution >= 0.6 is 0 Å². The highest BCUT2D eigenvalue weighted by Gasteiger charge is 2.32. The number of nitrogens with zero attached hydrogens (tertiary/aromatic N) is 7. The van der Waals surface area contributed by atoms with Gasteiger partial charge in [0.25, 0.3) is 11.7 Å². The third-order valence-electron chi connectivity index (χ3n) is 3.71. The molecule has 0 bridgehead atoms. The normalized spacial score (nSPS) is 19.1. The molecule has 1 saturated heterocycles. The molecule has 1 atom stereocenters. The maximum atomic E-state index is 11.1. The molecule has 1 aliphatic rings. The molecule has 0 unspecified atom stereocenters. The number of hydrogen-bond acceptors (Lipinski definition) is 8. The van der Waals surface area contributed by atoms with Gasteiger partial charge >= 0.3 is 0 Å². The Balaban J connectivity index is 1.78. The highest BCUT2D eigenvalue weighted by Crippen LogP contribution is 2.31. The topological polar surface area (TPSA) is 129 Å². The molecular weight excluding hydrogens is 288 g/mol. The Morgan fingerprint density at radius 3 is 3.00 bits per heavy atom. The maximum absolute atomic E-state index is 11.1. The van der Waals surface area contributed by atoms with Crippen LogP contribution in [0.25, 0.3) is 0 Å². The van der Waals surface area contributed by atoms with Crippen molar-refractivity contribution in [1.82, 2.24) is 35.2 Å². The third-order valence-corrected chi connectivity index (χ3v) is 3.71. The monoisotopic (exact) mass is 306 g/mol. The standard InChI is InChI=1S/C12H18N8O2/c1-7(2)20-9(15-17-18-20)6-19-5-3-4-8(19)12-14-11(10(13)21)16-22-12/h7-8H,3-6H2,1-2H3,(H2,13,21)/t8-/m0/s1. The molecule has 1 fully saturated rings. The first-order chi connectivity index (χ1) is 10.6. The minimum atomic E-state index is -0.691. The van der Waals surface area contributed by atoms with Crippen molar-refractivity contribution in [2.45, 2.75) is 45.3 Å². The number of likely N-dealkylation sites (tertiary alicyclic amines) is 1. The number of carbonyl (C=O) groups is 1. The lowest BCUT2D eigenvalue weighted by Gasteiger charge is -2.21. The van der Waals surface area contributed by atoms with Crippen molar-refractivity contribution >= 4 is 5.91 Å². The van der Waals surface area contributed by atoms with Gasteiger partial charge in [0.15, 0.2) is 5.82 Å². The van der Waals surface area contributed by atoms with Crippen molar-refractivity contribution in [2.24, 2.45) is 5.73 Å². The predicted octanol–water partition coefficient (Wildman–Crippen LogP) is 0.0730. The molecule has 0 spiro atoms. The summed E-state index contributed by atoms with van der Waals surface area (Å²) in [6, 6.07) is 0.147. The van der Waals surface area contributed by atoms with Crippen LogP contribution in [0.1, 0.15) is 61.1 Å². The number of primary amides is 1. The van der Waals surface area contributed by atoms with Crippen molar-refractivity contribution in [2.75, 3.05) is 6.54 Å². The van der Waals surface area contributed by atoms with E-state index in [1.165, 1.54) is 0 Å². The zero-order valence-corrected chi connectivity index (χ0v) is 12.5. The van der Waals surface area contributed by atoms with E-state index >= 15 is 0 Å². The minimum Gasteiger partial charge on any atom is -0.363 e. The molecule has 2 N–H and O–H groups in total. The summed E-state index contributed by atoms with van der Waals surface area (Å²) < 4.78 is 6.96. The SMILES string of the molecule is CC(C)n1nnnc1CN1CCC[C@H]1c1nc(C(N)=O)no1. The Hall–Kier alpha value is -2.36. The van der Waals surface area contributed by atoms with Gasteiger partial charge in [-0.1, -0.05) is 5.16 Å². The Morgan fingerprint density at radius 1 is 1.50 bits per heavy atom. The fraction of sp³-hybridized carbons (Fsp3) is 0.667. The molecule has 0 aromatic carbocycles. The van der Waals surface area contributed by atoms with Crippen LogP contribution in [-0.4, -0.2) is 47.7 Å². The largest absolute Gasteiger partial charge is 0.363 e. The molecular formula is C12H18N8O2. The molecule has 2 aromatic rings. The Bertz CT molecular complexity index is 664. The molecule has 3 rings (SSSR count). The molecule has 118 valence electrons. The summed E-state index contributed by atoms with van der Waals surface area (Å²) in [5, 5.41) is 15.4. The molecule has 0 radical (unpaired) electrons. The van der Waals surface area contributed by atoms with Crippen molar-refractivity contribution in [3.05, 3.63) is 17.5 Å². The first-order valence-corrected chi connectivity index (χ1v) is 7.20. The molecule has 22 heavy (non-hydrogen) atoms. The molecule has 10 nitrogen and oxygen atoms in total. The van der Waals surface area contributed by atoms with Crippen LogP contribution < -0.4 is 5.73 Å². The smallest absolute Gasteiger partial charge is 0.290 e. The lowest BCUT2D eigenvalue weighted by atomic mass is 10.2. The number of nitrogens with two attached hydrogens (primary N) is 1. The summed E-state index contributed by atoms with van der Waals surface area (Å²) in [5.41, 5.74) is 5.16. The van der Waals surface area contributed by atoms with Gasteiger partial charge in [-0.15, -0.1) is 5.10 Å².